The highest BCUT2D eigenvalue weighted by molar-refractivity contribution is 9.10. The molecule has 0 fully saturated rings. The molecule has 0 aliphatic carbocycles. The molecule has 0 N–H and O–H groups in total. The number of anilines is 1. The van der Waals surface area contributed by atoms with Crippen molar-refractivity contribution in [3.05, 3.63) is 22.2 Å². The van der Waals surface area contributed by atoms with Crippen molar-refractivity contribution < 1.29 is 35.9 Å². The zero-order valence-corrected chi connectivity index (χ0v) is 16.1. The lowest BCUT2D eigenvalue weighted by Gasteiger charge is -2.26. The molecule has 11 heteroatoms. The van der Waals surface area contributed by atoms with Crippen LogP contribution in [0.3, 0.4) is 0 Å². The third kappa shape index (κ3) is 5.77. The minimum atomic E-state index is -4.64. The average Bonchev–Trinajstić information content (AvgIpc) is 2.45. The molecule has 6 nitrogen and oxygen atoms in total. The predicted octanol–water partition coefficient (Wildman–Crippen LogP) is 3.35. The minimum absolute atomic E-state index is 0.0120. The SMILES string of the molecule is CCOC(=O)c1ccc(Br)c(OCC(F)(F)F)c1N(CC)S(C)(=O)=O. The smallest absolute Gasteiger partial charge is 0.422 e. The van der Waals surface area contributed by atoms with Crippen LogP contribution in [0.15, 0.2) is 16.6 Å². The van der Waals surface area contributed by atoms with E-state index in [0.29, 0.717) is 0 Å². The van der Waals surface area contributed by atoms with Crippen molar-refractivity contribution in [3.63, 3.8) is 0 Å². The van der Waals surface area contributed by atoms with Crippen LogP contribution < -0.4 is 9.04 Å². The monoisotopic (exact) mass is 447 g/mol. The molecule has 1 aromatic carbocycles. The quantitative estimate of drug-likeness (QED) is 0.599. The standard InChI is InChI=1S/C14H17BrF3NO5S/c1-4-19(25(3,21)22)11-9(13(20)23-5-2)6-7-10(15)12(11)24-8-14(16,17)18/h6-7H,4-5,8H2,1-3H3. The molecule has 0 aliphatic rings. The van der Waals surface area contributed by atoms with Gasteiger partial charge in [-0.05, 0) is 41.9 Å². The van der Waals surface area contributed by atoms with E-state index >= 15 is 0 Å². The minimum Gasteiger partial charge on any atom is -0.481 e. The van der Waals surface area contributed by atoms with E-state index in [9.17, 15) is 26.4 Å². The van der Waals surface area contributed by atoms with Gasteiger partial charge in [0.2, 0.25) is 10.0 Å². The van der Waals surface area contributed by atoms with Gasteiger partial charge in [-0.25, -0.2) is 13.2 Å². The summed E-state index contributed by atoms with van der Waals surface area (Å²) in [4.78, 5) is 12.1. The molecule has 0 bridgehead atoms. The molecule has 1 aromatic rings. The number of esters is 1. The van der Waals surface area contributed by atoms with Crippen LogP contribution in [0.5, 0.6) is 5.75 Å². The Morgan fingerprint density at radius 1 is 1.28 bits per heavy atom. The summed E-state index contributed by atoms with van der Waals surface area (Å²) in [7, 11) is -3.89. The summed E-state index contributed by atoms with van der Waals surface area (Å²) in [5.41, 5.74) is -0.517. The lowest BCUT2D eigenvalue weighted by molar-refractivity contribution is -0.153. The number of sulfonamides is 1. The van der Waals surface area contributed by atoms with Gasteiger partial charge in [-0.2, -0.15) is 13.2 Å². The van der Waals surface area contributed by atoms with Gasteiger partial charge in [0.25, 0.3) is 0 Å². The van der Waals surface area contributed by atoms with Crippen LogP contribution >= 0.6 is 15.9 Å². The van der Waals surface area contributed by atoms with E-state index in [1.807, 2.05) is 0 Å². The summed E-state index contributed by atoms with van der Waals surface area (Å²) in [6, 6.07) is 2.54. The third-order valence-corrected chi connectivity index (χ3v) is 4.76. The van der Waals surface area contributed by atoms with Crippen molar-refractivity contribution in [2.75, 3.05) is 30.3 Å². The fourth-order valence-electron chi connectivity index (χ4n) is 2.02. The summed E-state index contributed by atoms with van der Waals surface area (Å²) in [5, 5.41) is 0. The molecule has 0 unspecified atom stereocenters. The second-order valence-corrected chi connectivity index (χ2v) is 7.59. The van der Waals surface area contributed by atoms with Crippen molar-refractivity contribution in [3.8, 4) is 5.75 Å². The van der Waals surface area contributed by atoms with Crippen LogP contribution in [-0.4, -0.2) is 46.6 Å². The van der Waals surface area contributed by atoms with Crippen molar-refractivity contribution >= 4 is 37.6 Å². The van der Waals surface area contributed by atoms with Crippen LogP contribution in [-0.2, 0) is 14.8 Å². The van der Waals surface area contributed by atoms with Gasteiger partial charge >= 0.3 is 12.1 Å². The maximum absolute atomic E-state index is 12.5. The third-order valence-electron chi connectivity index (χ3n) is 2.90. The van der Waals surface area contributed by atoms with E-state index in [2.05, 4.69) is 15.9 Å². The highest BCUT2D eigenvalue weighted by Crippen LogP contribution is 2.41. The molecule has 0 atom stereocenters. The zero-order chi connectivity index (χ0) is 19.4. The largest absolute Gasteiger partial charge is 0.481 e. The zero-order valence-electron chi connectivity index (χ0n) is 13.7. The average molecular weight is 448 g/mol. The van der Waals surface area contributed by atoms with Gasteiger partial charge in [0, 0.05) is 6.54 Å². The molecular formula is C14H17BrF3NO5S. The number of benzene rings is 1. The molecule has 0 aromatic heterocycles. The molecular weight excluding hydrogens is 431 g/mol. The van der Waals surface area contributed by atoms with Crippen molar-refractivity contribution in [1.82, 2.24) is 0 Å². The molecule has 0 saturated carbocycles. The number of carbonyl (C=O) groups is 1. The Hall–Kier alpha value is -1.49. The second kappa shape index (κ2) is 8.26. The van der Waals surface area contributed by atoms with E-state index in [4.69, 9.17) is 9.47 Å². The number of alkyl halides is 3. The van der Waals surface area contributed by atoms with Gasteiger partial charge in [-0.15, -0.1) is 0 Å². The van der Waals surface area contributed by atoms with Gasteiger partial charge in [-0.1, -0.05) is 0 Å². The Morgan fingerprint density at radius 2 is 1.88 bits per heavy atom. The van der Waals surface area contributed by atoms with E-state index in [0.717, 1.165) is 10.6 Å². The van der Waals surface area contributed by atoms with E-state index in [1.165, 1.54) is 19.1 Å². The Balaban J connectivity index is 3.62. The molecule has 25 heavy (non-hydrogen) atoms. The summed E-state index contributed by atoms with van der Waals surface area (Å²) in [6.45, 7) is 1.27. The number of hydrogen-bond acceptors (Lipinski definition) is 5. The highest BCUT2D eigenvalue weighted by Gasteiger charge is 2.33. The first-order valence-electron chi connectivity index (χ1n) is 7.09. The molecule has 0 spiro atoms. The number of carbonyl (C=O) groups excluding carboxylic acids is 1. The van der Waals surface area contributed by atoms with Crippen LogP contribution in [0, 0.1) is 0 Å². The normalized spacial score (nSPS) is 12.0. The number of hydrogen-bond donors (Lipinski definition) is 0. The molecule has 0 amide bonds. The Labute approximate surface area is 152 Å². The molecule has 1 rings (SSSR count). The summed E-state index contributed by atoms with van der Waals surface area (Å²) < 4.78 is 72.2. The van der Waals surface area contributed by atoms with Crippen molar-refractivity contribution in [1.29, 1.82) is 0 Å². The van der Waals surface area contributed by atoms with E-state index in [-0.39, 0.29) is 28.9 Å². The van der Waals surface area contributed by atoms with Crippen LogP contribution in [0.4, 0.5) is 18.9 Å². The van der Waals surface area contributed by atoms with Crippen LogP contribution in [0.2, 0.25) is 0 Å². The number of nitrogens with zero attached hydrogens (tertiary/aromatic N) is 1. The van der Waals surface area contributed by atoms with Crippen LogP contribution in [0.1, 0.15) is 24.2 Å². The lowest BCUT2D eigenvalue weighted by atomic mass is 10.1. The number of halogens is 4. The summed E-state index contributed by atoms with van der Waals surface area (Å²) >= 11 is 3.04. The number of ether oxygens (including phenoxy) is 2. The first-order valence-corrected chi connectivity index (χ1v) is 9.73. The van der Waals surface area contributed by atoms with Gasteiger partial charge in [0.05, 0.1) is 22.9 Å². The molecule has 142 valence electrons. The van der Waals surface area contributed by atoms with Crippen molar-refractivity contribution in [2.45, 2.75) is 20.0 Å². The fourth-order valence-corrected chi connectivity index (χ4v) is 3.43. The predicted molar refractivity (Wildman–Crippen MR) is 89.5 cm³/mol. The topological polar surface area (TPSA) is 72.9 Å². The first-order chi connectivity index (χ1) is 11.4. The first kappa shape index (κ1) is 21.6. The van der Waals surface area contributed by atoms with Gasteiger partial charge in [0.15, 0.2) is 12.4 Å². The highest BCUT2D eigenvalue weighted by atomic mass is 79.9. The Bertz CT molecular complexity index is 737. The van der Waals surface area contributed by atoms with E-state index < -0.39 is 34.5 Å². The van der Waals surface area contributed by atoms with Crippen LogP contribution in [0.25, 0.3) is 0 Å². The molecule has 0 aliphatic heterocycles. The summed E-state index contributed by atoms with van der Waals surface area (Å²) in [5.74, 6) is -1.28. The van der Waals surface area contributed by atoms with Gasteiger partial charge in [-0.3, -0.25) is 4.31 Å². The van der Waals surface area contributed by atoms with Gasteiger partial charge in [0.1, 0.15) is 5.69 Å². The Morgan fingerprint density at radius 3 is 2.32 bits per heavy atom. The maximum Gasteiger partial charge on any atom is 0.422 e. The number of rotatable bonds is 7. The lowest BCUT2D eigenvalue weighted by Crippen LogP contribution is -2.32. The summed E-state index contributed by atoms with van der Waals surface area (Å²) in [6.07, 6.45) is -3.77. The fraction of sp³-hybridized carbons (Fsp3) is 0.500. The maximum atomic E-state index is 12.5. The van der Waals surface area contributed by atoms with Gasteiger partial charge < -0.3 is 9.47 Å². The molecule has 0 radical (unpaired) electrons. The van der Waals surface area contributed by atoms with E-state index in [1.54, 1.807) is 6.92 Å². The Kier molecular flexibility index (Phi) is 7.12. The molecule has 0 saturated heterocycles. The van der Waals surface area contributed by atoms with Crippen molar-refractivity contribution in [2.24, 2.45) is 0 Å². The second-order valence-electron chi connectivity index (χ2n) is 4.82. The molecule has 0 heterocycles.